The molecule has 4 rings (SSSR count). The molecule has 4 heteroatoms. The van der Waals surface area contributed by atoms with Gasteiger partial charge in [0.1, 0.15) is 6.61 Å². The lowest BCUT2D eigenvalue weighted by Crippen LogP contribution is -2.16. The van der Waals surface area contributed by atoms with Crippen molar-refractivity contribution in [1.82, 2.24) is 4.98 Å². The number of ether oxygens (including phenoxy) is 1. The summed E-state index contributed by atoms with van der Waals surface area (Å²) in [6.07, 6.45) is 2.41. The molecule has 3 aromatic carbocycles. The van der Waals surface area contributed by atoms with Crippen LogP contribution in [-0.4, -0.2) is 11.4 Å². The Morgan fingerprint density at radius 3 is 2.10 bits per heavy atom. The fourth-order valence-electron chi connectivity index (χ4n) is 3.09. The second kappa shape index (κ2) is 8.85. The SMILES string of the molecule is O=CN(c1ccc(-c2ccccc2)cc1)c1ncccc1OCc1ccccc1. The van der Waals surface area contributed by atoms with Crippen LogP contribution < -0.4 is 9.64 Å². The van der Waals surface area contributed by atoms with E-state index in [1.165, 1.54) is 4.90 Å². The Labute approximate surface area is 170 Å². The first-order valence-electron chi connectivity index (χ1n) is 9.37. The summed E-state index contributed by atoms with van der Waals surface area (Å²) in [6.45, 7) is 0.402. The van der Waals surface area contributed by atoms with Crippen molar-refractivity contribution < 1.29 is 9.53 Å². The summed E-state index contributed by atoms with van der Waals surface area (Å²) < 4.78 is 5.96. The van der Waals surface area contributed by atoms with Gasteiger partial charge in [-0.15, -0.1) is 0 Å². The zero-order valence-electron chi connectivity index (χ0n) is 15.8. The highest BCUT2D eigenvalue weighted by Gasteiger charge is 2.15. The average Bonchev–Trinajstić information content (AvgIpc) is 2.81. The third-order valence-electron chi connectivity index (χ3n) is 4.57. The quantitative estimate of drug-likeness (QED) is 0.391. The largest absolute Gasteiger partial charge is 0.485 e. The lowest BCUT2D eigenvalue weighted by Gasteiger charge is -2.20. The van der Waals surface area contributed by atoms with Gasteiger partial charge in [0.25, 0.3) is 0 Å². The monoisotopic (exact) mass is 380 g/mol. The van der Waals surface area contributed by atoms with E-state index in [1.807, 2.05) is 78.9 Å². The summed E-state index contributed by atoms with van der Waals surface area (Å²) in [5, 5.41) is 0. The molecule has 4 nitrogen and oxygen atoms in total. The number of nitrogens with zero attached hydrogens (tertiary/aromatic N) is 2. The highest BCUT2D eigenvalue weighted by Crippen LogP contribution is 2.32. The van der Waals surface area contributed by atoms with Crippen LogP contribution in [0.15, 0.2) is 103 Å². The lowest BCUT2D eigenvalue weighted by atomic mass is 10.1. The molecule has 0 atom stereocenters. The van der Waals surface area contributed by atoms with E-state index in [1.54, 1.807) is 12.3 Å². The number of hydrogen-bond donors (Lipinski definition) is 0. The fourth-order valence-corrected chi connectivity index (χ4v) is 3.09. The van der Waals surface area contributed by atoms with Crippen LogP contribution in [0.1, 0.15) is 5.56 Å². The molecule has 29 heavy (non-hydrogen) atoms. The van der Waals surface area contributed by atoms with Gasteiger partial charge in [-0.2, -0.15) is 0 Å². The summed E-state index contributed by atoms with van der Waals surface area (Å²) in [7, 11) is 0. The summed E-state index contributed by atoms with van der Waals surface area (Å²) in [6, 6.07) is 31.4. The van der Waals surface area contributed by atoms with Crippen LogP contribution in [0.3, 0.4) is 0 Å². The summed E-state index contributed by atoms with van der Waals surface area (Å²) >= 11 is 0. The molecule has 0 radical (unpaired) electrons. The Bertz CT molecular complexity index is 1060. The molecule has 0 spiro atoms. The van der Waals surface area contributed by atoms with Gasteiger partial charge >= 0.3 is 0 Å². The lowest BCUT2D eigenvalue weighted by molar-refractivity contribution is -0.106. The normalized spacial score (nSPS) is 10.3. The molecule has 1 aromatic heterocycles. The van der Waals surface area contributed by atoms with E-state index in [2.05, 4.69) is 17.1 Å². The van der Waals surface area contributed by atoms with E-state index in [0.29, 0.717) is 18.2 Å². The first-order chi connectivity index (χ1) is 14.3. The number of carbonyl (C=O) groups excluding carboxylic acids is 1. The van der Waals surface area contributed by atoms with E-state index in [-0.39, 0.29) is 0 Å². The fraction of sp³-hybridized carbons (Fsp3) is 0.0400. The molecule has 1 heterocycles. The molecule has 4 aromatic rings. The van der Waals surface area contributed by atoms with E-state index < -0.39 is 0 Å². The van der Waals surface area contributed by atoms with Gasteiger partial charge in [0, 0.05) is 6.20 Å². The second-order valence-electron chi connectivity index (χ2n) is 6.49. The van der Waals surface area contributed by atoms with Gasteiger partial charge in [-0.3, -0.25) is 9.69 Å². The molecule has 0 N–H and O–H groups in total. The minimum atomic E-state index is 0.402. The molecule has 0 fully saturated rings. The van der Waals surface area contributed by atoms with Gasteiger partial charge in [0.2, 0.25) is 6.41 Å². The molecule has 0 aliphatic heterocycles. The van der Waals surface area contributed by atoms with Crippen molar-refractivity contribution in [2.75, 3.05) is 4.90 Å². The van der Waals surface area contributed by atoms with Gasteiger partial charge in [-0.25, -0.2) is 4.98 Å². The van der Waals surface area contributed by atoms with E-state index >= 15 is 0 Å². The predicted octanol–water partition coefficient (Wildman–Crippen LogP) is 5.62. The number of amides is 1. The van der Waals surface area contributed by atoms with Gasteiger partial charge in [0.15, 0.2) is 11.6 Å². The topological polar surface area (TPSA) is 42.4 Å². The maximum absolute atomic E-state index is 11.9. The van der Waals surface area contributed by atoms with Gasteiger partial charge in [-0.1, -0.05) is 72.8 Å². The van der Waals surface area contributed by atoms with E-state index in [0.717, 1.165) is 28.8 Å². The number of benzene rings is 3. The van der Waals surface area contributed by atoms with Crippen molar-refractivity contribution in [1.29, 1.82) is 0 Å². The van der Waals surface area contributed by atoms with Crippen molar-refractivity contribution in [3.8, 4) is 16.9 Å². The number of pyridine rings is 1. The number of rotatable bonds is 7. The predicted molar refractivity (Wildman–Crippen MR) is 115 cm³/mol. The maximum atomic E-state index is 11.9. The number of anilines is 2. The van der Waals surface area contributed by atoms with Gasteiger partial charge in [-0.05, 0) is 41.0 Å². The van der Waals surface area contributed by atoms with Crippen LogP contribution in [0, 0.1) is 0 Å². The van der Waals surface area contributed by atoms with Crippen LogP contribution >= 0.6 is 0 Å². The molecule has 1 amide bonds. The summed E-state index contributed by atoms with van der Waals surface area (Å²) in [4.78, 5) is 17.8. The molecule has 0 aliphatic rings. The maximum Gasteiger partial charge on any atom is 0.220 e. The molecule has 0 saturated carbocycles. The Balaban J connectivity index is 1.58. The minimum Gasteiger partial charge on any atom is -0.485 e. The van der Waals surface area contributed by atoms with Crippen LogP contribution in [0.5, 0.6) is 5.75 Å². The third kappa shape index (κ3) is 4.33. The van der Waals surface area contributed by atoms with Crippen LogP contribution in [0.25, 0.3) is 11.1 Å². The van der Waals surface area contributed by atoms with Crippen molar-refractivity contribution in [2.24, 2.45) is 0 Å². The Morgan fingerprint density at radius 2 is 1.41 bits per heavy atom. The van der Waals surface area contributed by atoms with Crippen LogP contribution in [0.2, 0.25) is 0 Å². The number of carbonyl (C=O) groups is 1. The third-order valence-corrected chi connectivity index (χ3v) is 4.57. The molecule has 142 valence electrons. The standard InChI is InChI=1S/C25H20N2O2/c28-19-27(23-15-13-22(14-16-23)21-10-5-2-6-11-21)25-24(12-7-17-26-25)29-18-20-8-3-1-4-9-20/h1-17,19H,18H2. The average molecular weight is 380 g/mol. The van der Waals surface area contributed by atoms with E-state index in [4.69, 9.17) is 4.74 Å². The molecule has 0 saturated heterocycles. The zero-order chi connectivity index (χ0) is 19.9. The number of hydrogen-bond acceptors (Lipinski definition) is 3. The molecule has 0 aliphatic carbocycles. The molecular formula is C25H20N2O2. The Morgan fingerprint density at radius 1 is 0.759 bits per heavy atom. The molecule has 0 unspecified atom stereocenters. The highest BCUT2D eigenvalue weighted by molar-refractivity contribution is 5.87. The first kappa shape index (κ1) is 18.4. The van der Waals surface area contributed by atoms with Crippen molar-refractivity contribution in [3.63, 3.8) is 0 Å². The van der Waals surface area contributed by atoms with Gasteiger partial charge in [0.05, 0.1) is 5.69 Å². The molecule has 0 bridgehead atoms. The smallest absolute Gasteiger partial charge is 0.220 e. The summed E-state index contributed by atoms with van der Waals surface area (Å²) in [5.74, 6) is 1.02. The van der Waals surface area contributed by atoms with Crippen molar-refractivity contribution in [3.05, 3.63) is 109 Å². The summed E-state index contributed by atoms with van der Waals surface area (Å²) in [5.41, 5.74) is 3.98. The number of aromatic nitrogens is 1. The van der Waals surface area contributed by atoms with Crippen LogP contribution in [0.4, 0.5) is 11.5 Å². The zero-order valence-corrected chi connectivity index (χ0v) is 15.8. The first-order valence-corrected chi connectivity index (χ1v) is 9.37. The minimum absolute atomic E-state index is 0.402. The molecular weight excluding hydrogens is 360 g/mol. The second-order valence-corrected chi connectivity index (χ2v) is 6.49. The Kier molecular flexibility index (Phi) is 5.63. The van der Waals surface area contributed by atoms with Crippen molar-refractivity contribution in [2.45, 2.75) is 6.61 Å². The highest BCUT2D eigenvalue weighted by atomic mass is 16.5. The van der Waals surface area contributed by atoms with Crippen molar-refractivity contribution >= 4 is 17.9 Å². The van der Waals surface area contributed by atoms with E-state index in [9.17, 15) is 4.79 Å². The Hall–Kier alpha value is -3.92. The van der Waals surface area contributed by atoms with Gasteiger partial charge < -0.3 is 4.74 Å². The van der Waals surface area contributed by atoms with Crippen LogP contribution in [-0.2, 0) is 11.4 Å².